The number of rotatable bonds is 4. The number of nitrogens with one attached hydrogen (secondary N) is 1. The SMILES string of the molecule is COc1cc(C2=NC(NC(=O)c3ccncc3)C(=O)N3CCc4cc(C)cc2c43)ccc1O. The number of benzene rings is 2. The van der Waals surface area contributed by atoms with Crippen LogP contribution in [0, 0.1) is 6.92 Å². The third kappa shape index (κ3) is 3.59. The van der Waals surface area contributed by atoms with E-state index in [2.05, 4.69) is 16.4 Å². The van der Waals surface area contributed by atoms with Crippen molar-refractivity contribution >= 4 is 23.2 Å². The number of phenols is 1. The van der Waals surface area contributed by atoms with Crippen LogP contribution in [0.4, 0.5) is 5.69 Å². The summed E-state index contributed by atoms with van der Waals surface area (Å²) in [6.07, 6.45) is 2.66. The maximum atomic E-state index is 13.5. The first-order valence-electron chi connectivity index (χ1n) is 10.6. The monoisotopic (exact) mass is 442 g/mol. The first-order chi connectivity index (χ1) is 16.0. The first-order valence-corrected chi connectivity index (χ1v) is 10.6. The molecule has 1 atom stereocenters. The number of ether oxygens (including phenoxy) is 1. The lowest BCUT2D eigenvalue weighted by molar-refractivity contribution is -0.120. The van der Waals surface area contributed by atoms with Gasteiger partial charge < -0.3 is 20.1 Å². The van der Waals surface area contributed by atoms with Gasteiger partial charge in [0.1, 0.15) is 0 Å². The molecule has 0 aliphatic carbocycles. The van der Waals surface area contributed by atoms with Crippen molar-refractivity contribution in [2.45, 2.75) is 19.5 Å². The summed E-state index contributed by atoms with van der Waals surface area (Å²) in [5.74, 6) is -0.403. The second-order valence-corrected chi connectivity index (χ2v) is 8.04. The number of methoxy groups -OCH3 is 1. The van der Waals surface area contributed by atoms with Gasteiger partial charge in [0.25, 0.3) is 11.8 Å². The minimum Gasteiger partial charge on any atom is -0.504 e. The standard InChI is InChI=1S/C25H22N4O4/c1-14-11-17-7-10-29-22(17)18(12-14)21(16-3-4-19(30)20(13-16)33-2)27-23(25(29)32)28-24(31)15-5-8-26-9-6-15/h3-6,8-9,11-13,23,30H,7,10H2,1-2H3,(H,28,31). The van der Waals surface area contributed by atoms with E-state index in [4.69, 9.17) is 9.73 Å². The number of aromatic hydroxyl groups is 1. The van der Waals surface area contributed by atoms with Gasteiger partial charge in [-0.15, -0.1) is 0 Å². The average Bonchev–Trinajstić information content (AvgIpc) is 3.21. The van der Waals surface area contributed by atoms with Crippen LogP contribution in [0.15, 0.2) is 59.9 Å². The zero-order valence-corrected chi connectivity index (χ0v) is 18.2. The van der Waals surface area contributed by atoms with E-state index < -0.39 is 12.1 Å². The largest absolute Gasteiger partial charge is 0.504 e. The third-order valence-corrected chi connectivity index (χ3v) is 5.88. The zero-order valence-electron chi connectivity index (χ0n) is 18.2. The number of pyridine rings is 1. The van der Waals surface area contributed by atoms with Crippen LogP contribution in [0.1, 0.15) is 32.6 Å². The van der Waals surface area contributed by atoms with E-state index in [9.17, 15) is 14.7 Å². The summed E-state index contributed by atoms with van der Waals surface area (Å²) < 4.78 is 5.29. The molecule has 0 spiro atoms. The summed E-state index contributed by atoms with van der Waals surface area (Å²) in [7, 11) is 1.47. The van der Waals surface area contributed by atoms with Crippen molar-refractivity contribution in [1.29, 1.82) is 0 Å². The van der Waals surface area contributed by atoms with Gasteiger partial charge in [-0.25, -0.2) is 4.99 Å². The zero-order chi connectivity index (χ0) is 23.1. The lowest BCUT2D eigenvalue weighted by Crippen LogP contribution is -2.46. The van der Waals surface area contributed by atoms with E-state index in [1.807, 2.05) is 13.0 Å². The molecule has 5 rings (SSSR count). The Hall–Kier alpha value is -4.20. The summed E-state index contributed by atoms with van der Waals surface area (Å²) >= 11 is 0. The molecule has 2 amide bonds. The van der Waals surface area contributed by atoms with E-state index in [-0.39, 0.29) is 11.7 Å². The molecule has 2 aliphatic heterocycles. The van der Waals surface area contributed by atoms with Crippen molar-refractivity contribution in [3.63, 3.8) is 0 Å². The van der Waals surface area contributed by atoms with Gasteiger partial charge in [0.05, 0.1) is 18.5 Å². The second kappa shape index (κ2) is 8.05. The number of phenolic OH excluding ortho intramolecular Hbond substituents is 1. The molecule has 1 aromatic heterocycles. The van der Waals surface area contributed by atoms with Gasteiger partial charge >= 0.3 is 0 Å². The van der Waals surface area contributed by atoms with Crippen molar-refractivity contribution in [2.75, 3.05) is 18.6 Å². The molecule has 8 heteroatoms. The number of amides is 2. The van der Waals surface area contributed by atoms with Gasteiger partial charge in [-0.2, -0.15) is 0 Å². The number of anilines is 1. The Labute approximate surface area is 190 Å². The minimum atomic E-state index is -1.11. The molecule has 0 bridgehead atoms. The molecule has 166 valence electrons. The van der Waals surface area contributed by atoms with Crippen molar-refractivity contribution in [3.8, 4) is 11.5 Å². The van der Waals surface area contributed by atoms with Gasteiger partial charge in [0.15, 0.2) is 11.5 Å². The molecule has 0 fully saturated rings. The Morgan fingerprint density at radius 2 is 1.97 bits per heavy atom. The Bertz CT molecular complexity index is 1300. The van der Waals surface area contributed by atoms with Crippen LogP contribution < -0.4 is 15.0 Å². The second-order valence-electron chi connectivity index (χ2n) is 8.04. The van der Waals surface area contributed by atoms with Gasteiger partial charge in [-0.1, -0.05) is 11.6 Å². The van der Waals surface area contributed by atoms with Crippen molar-refractivity contribution in [2.24, 2.45) is 4.99 Å². The minimum absolute atomic E-state index is 0.00480. The number of aryl methyl sites for hydroxylation is 1. The highest BCUT2D eigenvalue weighted by atomic mass is 16.5. The Kier molecular flexibility index (Phi) is 5.05. The van der Waals surface area contributed by atoms with Crippen LogP contribution in [0.25, 0.3) is 0 Å². The van der Waals surface area contributed by atoms with E-state index >= 15 is 0 Å². The quantitative estimate of drug-likeness (QED) is 0.646. The van der Waals surface area contributed by atoms with Crippen LogP contribution in [-0.2, 0) is 11.2 Å². The van der Waals surface area contributed by atoms with Gasteiger partial charge in [0, 0.05) is 35.6 Å². The molecule has 33 heavy (non-hydrogen) atoms. The topological polar surface area (TPSA) is 104 Å². The molecule has 3 heterocycles. The van der Waals surface area contributed by atoms with E-state index in [1.54, 1.807) is 29.2 Å². The fraction of sp³-hybridized carbons (Fsp3) is 0.200. The van der Waals surface area contributed by atoms with Crippen molar-refractivity contribution in [3.05, 3.63) is 82.7 Å². The average molecular weight is 442 g/mol. The highest BCUT2D eigenvalue weighted by Gasteiger charge is 2.37. The Balaban J connectivity index is 1.66. The molecular formula is C25H22N4O4. The summed E-state index contributed by atoms with van der Waals surface area (Å²) in [6, 6.07) is 12.2. The smallest absolute Gasteiger partial charge is 0.272 e. The summed E-state index contributed by atoms with van der Waals surface area (Å²) in [5, 5.41) is 12.8. The molecule has 0 saturated heterocycles. The summed E-state index contributed by atoms with van der Waals surface area (Å²) in [5.41, 5.74) is 5.35. The number of carbonyl (C=O) groups is 2. The third-order valence-electron chi connectivity index (χ3n) is 5.88. The van der Waals surface area contributed by atoms with Crippen LogP contribution in [0.3, 0.4) is 0 Å². The van der Waals surface area contributed by atoms with Crippen molar-refractivity contribution < 1.29 is 19.4 Å². The van der Waals surface area contributed by atoms with Gasteiger partial charge in [-0.05, 0) is 55.3 Å². The van der Waals surface area contributed by atoms with E-state index in [0.29, 0.717) is 29.1 Å². The first kappa shape index (κ1) is 20.7. The molecule has 2 aromatic carbocycles. The normalized spacial score (nSPS) is 16.7. The molecule has 3 aromatic rings. The highest BCUT2D eigenvalue weighted by molar-refractivity contribution is 6.21. The lowest BCUT2D eigenvalue weighted by atomic mass is 9.95. The maximum absolute atomic E-state index is 13.5. The predicted molar refractivity (Wildman–Crippen MR) is 123 cm³/mol. The number of aliphatic imine (C=N–C) groups is 1. The molecule has 0 saturated carbocycles. The van der Waals surface area contributed by atoms with Crippen LogP contribution in [0.2, 0.25) is 0 Å². The fourth-order valence-electron chi connectivity index (χ4n) is 4.37. The number of hydrogen-bond acceptors (Lipinski definition) is 6. The maximum Gasteiger partial charge on any atom is 0.272 e. The molecule has 8 nitrogen and oxygen atoms in total. The number of carbonyl (C=O) groups excluding carboxylic acids is 2. The van der Waals surface area contributed by atoms with Gasteiger partial charge in [0.2, 0.25) is 6.17 Å². The molecular weight excluding hydrogens is 420 g/mol. The lowest BCUT2D eigenvalue weighted by Gasteiger charge is -2.21. The van der Waals surface area contributed by atoms with Gasteiger partial charge in [-0.3, -0.25) is 14.6 Å². The molecule has 2 aliphatic rings. The van der Waals surface area contributed by atoms with Crippen LogP contribution >= 0.6 is 0 Å². The summed E-state index contributed by atoms with van der Waals surface area (Å²) in [6.45, 7) is 2.53. The molecule has 0 radical (unpaired) electrons. The number of nitrogens with zero attached hydrogens (tertiary/aromatic N) is 3. The predicted octanol–water partition coefficient (Wildman–Crippen LogP) is 2.60. The van der Waals surface area contributed by atoms with E-state index in [1.165, 1.54) is 25.6 Å². The van der Waals surface area contributed by atoms with Crippen LogP contribution in [-0.4, -0.2) is 47.4 Å². The van der Waals surface area contributed by atoms with Crippen LogP contribution in [0.5, 0.6) is 11.5 Å². The molecule has 2 N–H and O–H groups in total. The highest BCUT2D eigenvalue weighted by Crippen LogP contribution is 2.38. The van der Waals surface area contributed by atoms with Crippen molar-refractivity contribution in [1.82, 2.24) is 10.3 Å². The van der Waals surface area contributed by atoms with E-state index in [0.717, 1.165) is 28.8 Å². The fourth-order valence-corrected chi connectivity index (χ4v) is 4.37. The Morgan fingerprint density at radius 3 is 2.73 bits per heavy atom. The number of hydrogen-bond donors (Lipinski definition) is 2. The molecule has 1 unspecified atom stereocenters. The summed E-state index contributed by atoms with van der Waals surface area (Å²) in [4.78, 5) is 36.7. The Morgan fingerprint density at radius 1 is 1.18 bits per heavy atom. The number of aromatic nitrogens is 1.